The molecular formula is C46H56F4N6O5. The highest BCUT2D eigenvalue weighted by molar-refractivity contribution is 6.05. The van der Waals surface area contributed by atoms with Crippen LogP contribution in [0.3, 0.4) is 0 Å². The molecule has 2 spiro atoms. The Morgan fingerprint density at radius 1 is 0.689 bits per heavy atom. The van der Waals surface area contributed by atoms with Crippen molar-refractivity contribution in [2.24, 2.45) is 5.73 Å². The summed E-state index contributed by atoms with van der Waals surface area (Å²) in [5, 5.41) is 6.19. The molecule has 0 aliphatic carbocycles. The first-order valence-corrected chi connectivity index (χ1v) is 19.9. The van der Waals surface area contributed by atoms with E-state index in [4.69, 9.17) is 15.2 Å². The van der Waals surface area contributed by atoms with Gasteiger partial charge in [-0.05, 0) is 87.3 Å². The second kappa shape index (κ2) is 19.8. The van der Waals surface area contributed by atoms with E-state index in [9.17, 15) is 31.9 Å². The minimum absolute atomic E-state index is 0. The van der Waals surface area contributed by atoms with Gasteiger partial charge in [-0.15, -0.1) is 0 Å². The molecule has 0 radical (unpaired) electrons. The van der Waals surface area contributed by atoms with Gasteiger partial charge in [0.25, 0.3) is 0 Å². The van der Waals surface area contributed by atoms with E-state index >= 15 is 0 Å². The van der Waals surface area contributed by atoms with Crippen LogP contribution in [0, 0.1) is 23.3 Å². The monoisotopic (exact) mass is 848 g/mol. The van der Waals surface area contributed by atoms with Crippen molar-refractivity contribution in [1.82, 2.24) is 15.5 Å². The number of Topliss-reactive ketones (excluding diaryl/α,β-unsaturated/α-hetero) is 2. The number of nitrogens with one attached hydrogen (secondary N) is 2. The molecule has 4 aromatic carbocycles. The Morgan fingerprint density at radius 2 is 1.11 bits per heavy atom. The van der Waals surface area contributed by atoms with Crippen LogP contribution in [0.5, 0.6) is 11.5 Å². The largest absolute Gasteiger partial charge is 0.496 e. The molecule has 8 rings (SSSR count). The van der Waals surface area contributed by atoms with E-state index in [0.717, 1.165) is 42.9 Å². The summed E-state index contributed by atoms with van der Waals surface area (Å²) in [7, 11) is 6.90. The number of amides is 2. The van der Waals surface area contributed by atoms with E-state index in [-0.39, 0.29) is 54.3 Å². The fourth-order valence-corrected chi connectivity index (χ4v) is 8.66. The van der Waals surface area contributed by atoms with Gasteiger partial charge in [0.2, 0.25) is 0 Å². The van der Waals surface area contributed by atoms with Crippen LogP contribution < -0.4 is 35.6 Å². The topological polar surface area (TPSA) is 129 Å². The number of benzene rings is 4. The molecule has 2 amide bonds. The predicted molar refractivity (Wildman–Crippen MR) is 229 cm³/mol. The van der Waals surface area contributed by atoms with Crippen molar-refractivity contribution >= 4 is 29.0 Å². The van der Waals surface area contributed by atoms with Crippen LogP contribution >= 0.6 is 0 Å². The van der Waals surface area contributed by atoms with Gasteiger partial charge in [0.15, 0.2) is 11.6 Å². The third-order valence-corrected chi connectivity index (χ3v) is 12.3. The van der Waals surface area contributed by atoms with E-state index in [2.05, 4.69) is 20.4 Å². The number of methoxy groups -OCH3 is 2. The van der Waals surface area contributed by atoms with Crippen molar-refractivity contribution in [3.8, 4) is 11.5 Å². The van der Waals surface area contributed by atoms with Gasteiger partial charge in [-0.25, -0.2) is 22.4 Å². The quantitative estimate of drug-likeness (QED) is 0.174. The zero-order valence-corrected chi connectivity index (χ0v) is 34.4. The first kappa shape index (κ1) is 46.4. The Labute approximate surface area is 355 Å². The maximum absolute atomic E-state index is 13.6. The van der Waals surface area contributed by atoms with E-state index in [0.29, 0.717) is 73.5 Å². The van der Waals surface area contributed by atoms with Crippen LogP contribution in [-0.4, -0.2) is 88.1 Å². The molecule has 11 nitrogen and oxygen atoms in total. The minimum Gasteiger partial charge on any atom is -0.496 e. The molecule has 4 aliphatic rings. The van der Waals surface area contributed by atoms with Crippen LogP contribution in [0.2, 0.25) is 0 Å². The van der Waals surface area contributed by atoms with Crippen molar-refractivity contribution in [3.63, 3.8) is 0 Å². The molecule has 0 bridgehead atoms. The lowest BCUT2D eigenvalue weighted by Gasteiger charge is -2.50. The molecule has 4 aliphatic heterocycles. The Morgan fingerprint density at radius 3 is 1.59 bits per heavy atom. The SMILES string of the molecule is C.CN1c2ccc(F)cc2C(=O)CC12CCNCC2.COc1cc(F)ccc1CN.COc1cc(F)ccc1CNC(=O)N1CCC2(CC1)CC(=O)c1cc(F)ccc1N2C. The van der Waals surface area contributed by atoms with Crippen LogP contribution in [0.25, 0.3) is 0 Å². The summed E-state index contributed by atoms with van der Waals surface area (Å²) in [5.41, 5.74) is 8.97. The number of urea groups is 1. The van der Waals surface area contributed by atoms with E-state index in [1.54, 1.807) is 29.2 Å². The summed E-state index contributed by atoms with van der Waals surface area (Å²) in [6, 6.07) is 17.1. The summed E-state index contributed by atoms with van der Waals surface area (Å²) in [6.07, 6.45) is 4.01. The van der Waals surface area contributed by atoms with E-state index in [1.165, 1.54) is 62.8 Å². The van der Waals surface area contributed by atoms with Crippen molar-refractivity contribution in [1.29, 1.82) is 0 Å². The third kappa shape index (κ3) is 10.1. The van der Waals surface area contributed by atoms with Crippen LogP contribution in [0.15, 0.2) is 72.8 Å². The lowest BCUT2D eigenvalue weighted by molar-refractivity contribution is 0.0887. The second-order valence-corrected chi connectivity index (χ2v) is 15.6. The van der Waals surface area contributed by atoms with Gasteiger partial charge in [-0.3, -0.25) is 9.59 Å². The number of hydrogen-bond acceptors (Lipinski definition) is 9. The average molecular weight is 849 g/mol. The number of carbonyl (C=O) groups excluding carboxylic acids is 3. The summed E-state index contributed by atoms with van der Waals surface area (Å²) in [4.78, 5) is 43.6. The fourth-order valence-electron chi connectivity index (χ4n) is 8.66. The highest BCUT2D eigenvalue weighted by Gasteiger charge is 2.46. The number of carbonyl (C=O) groups is 3. The zero-order valence-electron chi connectivity index (χ0n) is 34.4. The number of likely N-dealkylation sites (tertiary alicyclic amines) is 1. The number of hydrogen-bond donors (Lipinski definition) is 3. The van der Waals surface area contributed by atoms with Gasteiger partial charge in [0.05, 0.1) is 19.8 Å². The number of nitrogens with zero attached hydrogens (tertiary/aromatic N) is 3. The number of halogens is 4. The molecular weight excluding hydrogens is 793 g/mol. The maximum atomic E-state index is 13.6. The molecule has 0 saturated carbocycles. The molecule has 4 aromatic rings. The lowest BCUT2D eigenvalue weighted by Crippen LogP contribution is -2.59. The molecule has 4 heterocycles. The summed E-state index contributed by atoms with van der Waals surface area (Å²) in [6.45, 7) is 3.47. The molecule has 4 N–H and O–H groups in total. The second-order valence-electron chi connectivity index (χ2n) is 15.6. The Hall–Kier alpha value is -5.67. The van der Waals surface area contributed by atoms with E-state index < -0.39 is 11.6 Å². The van der Waals surface area contributed by atoms with E-state index in [1.807, 2.05) is 14.1 Å². The summed E-state index contributed by atoms with van der Waals surface area (Å²) < 4.78 is 62.8. The molecule has 328 valence electrons. The third-order valence-electron chi connectivity index (χ3n) is 12.3. The molecule has 2 saturated heterocycles. The number of rotatable bonds is 5. The zero-order chi connectivity index (χ0) is 43.2. The van der Waals surface area contributed by atoms with Crippen LogP contribution in [0.4, 0.5) is 33.7 Å². The number of ketones is 2. The standard InChI is InChI=1S/C23H25F2N3O3.C14H17FN2O.C8H10FNO.CH4/c1-27-19-6-5-16(24)11-18(19)20(29)13-23(27)7-9-28(10-8-23)22(30)26-14-15-3-4-17(25)12-21(15)31-2;1-17-12-3-2-10(15)8-11(12)13(18)9-14(17)4-6-16-7-5-14;1-11-8-4-7(9)3-2-6(8)5-10;/h3-6,11-12H,7-10,13-14H2,1-2H3,(H,26,30);2-3,8,16H,4-7,9H2,1H3;2-4H,5,10H2,1H3;1H4. The van der Waals surface area contributed by atoms with Gasteiger partial charge < -0.3 is 40.5 Å². The van der Waals surface area contributed by atoms with Gasteiger partial charge in [-0.1, -0.05) is 19.6 Å². The molecule has 0 atom stereocenters. The predicted octanol–water partition coefficient (Wildman–Crippen LogP) is 7.64. The maximum Gasteiger partial charge on any atom is 0.317 e. The molecule has 0 aromatic heterocycles. The fraction of sp³-hybridized carbons (Fsp3) is 0.413. The first-order valence-electron chi connectivity index (χ1n) is 19.9. The lowest BCUT2D eigenvalue weighted by atomic mass is 9.77. The first-order chi connectivity index (χ1) is 28.7. The minimum atomic E-state index is -0.416. The van der Waals surface area contributed by atoms with Crippen molar-refractivity contribution in [2.75, 3.05) is 64.3 Å². The smallest absolute Gasteiger partial charge is 0.317 e. The van der Waals surface area contributed by atoms with Gasteiger partial charge in [-0.2, -0.15) is 0 Å². The highest BCUT2D eigenvalue weighted by atomic mass is 19.1. The van der Waals surface area contributed by atoms with Gasteiger partial charge in [0.1, 0.15) is 34.8 Å². The highest BCUT2D eigenvalue weighted by Crippen LogP contribution is 2.43. The van der Waals surface area contributed by atoms with Crippen LogP contribution in [0.1, 0.15) is 77.8 Å². The number of ether oxygens (including phenoxy) is 2. The Kier molecular flexibility index (Phi) is 15.1. The van der Waals surface area contributed by atoms with Gasteiger partial charge >= 0.3 is 6.03 Å². The van der Waals surface area contributed by atoms with Gasteiger partial charge in [0, 0.05) is 104 Å². The van der Waals surface area contributed by atoms with Crippen molar-refractivity contribution in [2.45, 2.75) is 70.1 Å². The number of piperidine rings is 2. The average Bonchev–Trinajstić information content (AvgIpc) is 3.25. The summed E-state index contributed by atoms with van der Waals surface area (Å²) >= 11 is 0. The van der Waals surface area contributed by atoms with Crippen molar-refractivity contribution in [3.05, 3.63) is 118 Å². The number of anilines is 2. The molecule has 2 fully saturated rings. The Balaban J connectivity index is 0.000000197. The summed E-state index contributed by atoms with van der Waals surface area (Å²) in [5.74, 6) is -0.554. The van der Waals surface area contributed by atoms with Crippen molar-refractivity contribution < 1.29 is 41.4 Å². The Bertz CT molecular complexity index is 2210. The molecule has 15 heteroatoms. The number of fused-ring (bicyclic) bond motifs is 2. The van der Waals surface area contributed by atoms with Crippen LogP contribution in [-0.2, 0) is 13.1 Å². The molecule has 61 heavy (non-hydrogen) atoms. The normalized spacial score (nSPS) is 17.2. The number of nitrogens with two attached hydrogens (primary N) is 1. The molecule has 0 unspecified atom stereocenters.